The fraction of sp³-hybridized carbons (Fsp3) is 0.300. The molecule has 0 saturated carbocycles. The monoisotopic (exact) mass is 239 g/mol. The Hall–Kier alpha value is -2.15. The van der Waals surface area contributed by atoms with E-state index in [9.17, 15) is 9.59 Å². The summed E-state index contributed by atoms with van der Waals surface area (Å²) < 4.78 is 4.81. The first-order chi connectivity index (χ1) is 8.11. The van der Waals surface area contributed by atoms with Crippen molar-refractivity contribution in [1.82, 2.24) is 4.98 Å². The minimum atomic E-state index is -1.03. The summed E-state index contributed by atoms with van der Waals surface area (Å²) in [5.41, 5.74) is 5.44. The number of hydrogen-bond donors (Lipinski definition) is 3. The average Bonchev–Trinajstić information content (AvgIpc) is 2.28. The smallest absolute Gasteiger partial charge is 0.329 e. The van der Waals surface area contributed by atoms with Gasteiger partial charge >= 0.3 is 5.97 Å². The van der Waals surface area contributed by atoms with E-state index in [2.05, 4.69) is 10.3 Å². The lowest BCUT2D eigenvalue weighted by molar-refractivity contribution is -0.142. The molecule has 7 nitrogen and oxygen atoms in total. The summed E-state index contributed by atoms with van der Waals surface area (Å²) in [4.78, 5) is 25.1. The van der Waals surface area contributed by atoms with Crippen LogP contribution in [0.5, 0.6) is 0 Å². The topological polar surface area (TPSA) is 115 Å². The predicted octanol–water partition coefficient (Wildman–Crippen LogP) is -0.306. The van der Waals surface area contributed by atoms with Crippen LogP contribution < -0.4 is 11.1 Å². The zero-order valence-electron chi connectivity index (χ0n) is 9.05. The lowest BCUT2D eigenvalue weighted by atomic mass is 10.2. The number of ether oxygens (including phenoxy) is 1. The highest BCUT2D eigenvalue weighted by Gasteiger charge is 2.07. The van der Waals surface area contributed by atoms with Gasteiger partial charge in [0.25, 0.3) is 5.91 Å². The van der Waals surface area contributed by atoms with E-state index in [1.54, 1.807) is 12.1 Å². The van der Waals surface area contributed by atoms with Gasteiger partial charge in [0.05, 0.1) is 12.2 Å². The molecule has 0 spiro atoms. The molecule has 92 valence electrons. The number of aliphatic carboxylic acids is 1. The number of amides is 1. The van der Waals surface area contributed by atoms with Crippen molar-refractivity contribution in [2.75, 3.05) is 25.1 Å². The second-order valence-electron chi connectivity index (χ2n) is 3.14. The highest BCUT2D eigenvalue weighted by molar-refractivity contribution is 5.97. The fourth-order valence-electron chi connectivity index (χ4n) is 1.15. The Morgan fingerprint density at radius 2 is 2.29 bits per heavy atom. The van der Waals surface area contributed by atoms with Crippen molar-refractivity contribution in [2.24, 2.45) is 5.73 Å². The van der Waals surface area contributed by atoms with Gasteiger partial charge in [0, 0.05) is 12.7 Å². The van der Waals surface area contributed by atoms with Crippen molar-refractivity contribution in [3.05, 3.63) is 23.9 Å². The van der Waals surface area contributed by atoms with Gasteiger partial charge in [0.2, 0.25) is 0 Å². The number of carbonyl (C=O) groups is 2. The molecule has 0 bridgehead atoms. The summed E-state index contributed by atoms with van der Waals surface area (Å²) in [5.74, 6) is -1.24. The molecule has 1 rings (SSSR count). The summed E-state index contributed by atoms with van der Waals surface area (Å²) in [5, 5.41) is 11.2. The molecule has 0 radical (unpaired) electrons. The zero-order chi connectivity index (χ0) is 12.7. The summed E-state index contributed by atoms with van der Waals surface area (Å²) in [7, 11) is 0. The molecular formula is C10H13N3O4. The van der Waals surface area contributed by atoms with Crippen LogP contribution in [0.1, 0.15) is 10.4 Å². The first-order valence-electron chi connectivity index (χ1n) is 4.89. The van der Waals surface area contributed by atoms with Crippen LogP contribution in [0.15, 0.2) is 18.3 Å². The van der Waals surface area contributed by atoms with Crippen molar-refractivity contribution >= 4 is 17.7 Å². The molecule has 7 heteroatoms. The Morgan fingerprint density at radius 1 is 1.53 bits per heavy atom. The number of nitrogens with two attached hydrogens (primary N) is 1. The van der Waals surface area contributed by atoms with Crippen LogP contribution >= 0.6 is 0 Å². The van der Waals surface area contributed by atoms with Crippen molar-refractivity contribution in [3.63, 3.8) is 0 Å². The molecule has 1 aromatic rings. The van der Waals surface area contributed by atoms with Crippen LogP contribution in [-0.2, 0) is 9.53 Å². The number of aromatic nitrogens is 1. The molecule has 4 N–H and O–H groups in total. The third-order valence-corrected chi connectivity index (χ3v) is 1.84. The Labute approximate surface area is 97.6 Å². The molecule has 17 heavy (non-hydrogen) atoms. The maximum absolute atomic E-state index is 11.0. The van der Waals surface area contributed by atoms with Crippen molar-refractivity contribution in [1.29, 1.82) is 0 Å². The lowest BCUT2D eigenvalue weighted by Gasteiger charge is -2.08. The number of carboxylic acid groups (broad SMARTS) is 1. The first kappa shape index (κ1) is 12.9. The molecule has 0 aromatic carbocycles. The number of nitrogens with zero attached hydrogens (tertiary/aromatic N) is 1. The molecular weight excluding hydrogens is 226 g/mol. The zero-order valence-corrected chi connectivity index (χ0v) is 9.05. The number of rotatable bonds is 7. The van der Waals surface area contributed by atoms with Crippen molar-refractivity contribution in [3.8, 4) is 0 Å². The normalized spacial score (nSPS) is 9.88. The van der Waals surface area contributed by atoms with Gasteiger partial charge in [-0.15, -0.1) is 0 Å². The van der Waals surface area contributed by atoms with E-state index < -0.39 is 11.9 Å². The lowest BCUT2D eigenvalue weighted by Crippen LogP contribution is -2.18. The van der Waals surface area contributed by atoms with E-state index >= 15 is 0 Å². The van der Waals surface area contributed by atoms with Gasteiger partial charge in [0.15, 0.2) is 0 Å². The number of carbonyl (C=O) groups excluding carboxylic acids is 1. The van der Waals surface area contributed by atoms with Gasteiger partial charge in [-0.1, -0.05) is 0 Å². The van der Waals surface area contributed by atoms with Crippen LogP contribution in [0, 0.1) is 0 Å². The summed E-state index contributed by atoms with van der Waals surface area (Å²) in [6.07, 6.45) is 1.52. The van der Waals surface area contributed by atoms with Gasteiger partial charge in [0.1, 0.15) is 12.4 Å². The highest BCUT2D eigenvalue weighted by atomic mass is 16.5. The van der Waals surface area contributed by atoms with E-state index in [1.807, 2.05) is 0 Å². The second-order valence-corrected chi connectivity index (χ2v) is 3.14. The van der Waals surface area contributed by atoms with E-state index in [0.717, 1.165) is 0 Å². The number of anilines is 1. The summed E-state index contributed by atoms with van der Waals surface area (Å²) >= 11 is 0. The molecule has 0 aliphatic rings. The molecule has 0 fully saturated rings. The number of carboxylic acids is 1. The Morgan fingerprint density at radius 3 is 2.94 bits per heavy atom. The van der Waals surface area contributed by atoms with Crippen LogP contribution in [0.25, 0.3) is 0 Å². The van der Waals surface area contributed by atoms with E-state index in [1.165, 1.54) is 6.20 Å². The third-order valence-electron chi connectivity index (χ3n) is 1.84. The van der Waals surface area contributed by atoms with Crippen LogP contribution in [-0.4, -0.2) is 41.7 Å². The Kier molecular flexibility index (Phi) is 4.89. The van der Waals surface area contributed by atoms with Gasteiger partial charge < -0.3 is 20.9 Å². The highest BCUT2D eigenvalue weighted by Crippen LogP contribution is 2.09. The number of nitrogens with one attached hydrogen (secondary N) is 1. The predicted molar refractivity (Wildman–Crippen MR) is 59.7 cm³/mol. The number of pyridine rings is 1. The standard InChI is InChI=1S/C10H13N3O4/c11-9(16)7-2-1-3-12-10(7)13-4-5-17-6-8(14)15/h1-3H,4-6H2,(H2,11,16)(H,12,13)(H,14,15). The molecule has 0 saturated heterocycles. The minimum Gasteiger partial charge on any atom is -0.480 e. The van der Waals surface area contributed by atoms with E-state index in [0.29, 0.717) is 12.4 Å². The molecule has 0 aliphatic carbocycles. The largest absolute Gasteiger partial charge is 0.480 e. The first-order valence-corrected chi connectivity index (χ1v) is 4.89. The Balaban J connectivity index is 2.41. The summed E-state index contributed by atoms with van der Waals surface area (Å²) in [6.45, 7) is 0.179. The number of primary amides is 1. The van der Waals surface area contributed by atoms with Crippen LogP contribution in [0.2, 0.25) is 0 Å². The fourth-order valence-corrected chi connectivity index (χ4v) is 1.15. The molecule has 0 unspecified atom stereocenters. The average molecular weight is 239 g/mol. The van der Waals surface area contributed by atoms with Gasteiger partial charge in [-0.3, -0.25) is 4.79 Å². The SMILES string of the molecule is NC(=O)c1cccnc1NCCOCC(=O)O. The minimum absolute atomic E-state index is 0.196. The summed E-state index contributed by atoms with van der Waals surface area (Å²) in [6, 6.07) is 3.15. The molecule has 1 heterocycles. The van der Waals surface area contributed by atoms with Gasteiger partial charge in [-0.2, -0.15) is 0 Å². The quantitative estimate of drug-likeness (QED) is 0.562. The number of hydrogen-bond acceptors (Lipinski definition) is 5. The maximum Gasteiger partial charge on any atom is 0.329 e. The molecule has 1 amide bonds. The Bertz CT molecular complexity index is 408. The van der Waals surface area contributed by atoms with Crippen LogP contribution in [0.3, 0.4) is 0 Å². The van der Waals surface area contributed by atoms with E-state index in [-0.39, 0.29) is 18.8 Å². The second kappa shape index (κ2) is 6.44. The third kappa shape index (κ3) is 4.47. The molecule has 1 aromatic heterocycles. The van der Waals surface area contributed by atoms with Crippen molar-refractivity contribution in [2.45, 2.75) is 0 Å². The van der Waals surface area contributed by atoms with Crippen LogP contribution in [0.4, 0.5) is 5.82 Å². The maximum atomic E-state index is 11.0. The van der Waals surface area contributed by atoms with Gasteiger partial charge in [-0.05, 0) is 12.1 Å². The van der Waals surface area contributed by atoms with Crippen molar-refractivity contribution < 1.29 is 19.4 Å². The molecule has 0 aliphatic heterocycles. The van der Waals surface area contributed by atoms with E-state index in [4.69, 9.17) is 15.6 Å². The molecule has 0 atom stereocenters. The van der Waals surface area contributed by atoms with Gasteiger partial charge in [-0.25, -0.2) is 9.78 Å².